The molecule has 1 aromatic carbocycles. The molecule has 0 unspecified atom stereocenters. The van der Waals surface area contributed by atoms with Crippen LogP contribution in [0.1, 0.15) is 21.8 Å². The van der Waals surface area contributed by atoms with E-state index in [4.69, 9.17) is 9.15 Å². The third-order valence-electron chi connectivity index (χ3n) is 4.37. The lowest BCUT2D eigenvalue weighted by atomic mass is 10.1. The van der Waals surface area contributed by atoms with Crippen molar-refractivity contribution in [2.75, 3.05) is 31.6 Å². The van der Waals surface area contributed by atoms with Crippen LogP contribution in [0.2, 0.25) is 0 Å². The molecule has 1 amide bonds. The SMILES string of the molecule is Cc1c(C(=O)Nc2nc(CN3CCOCC3)cs2)oc2ccc(F)cc12. The quantitative estimate of drug-likeness (QED) is 0.757. The molecule has 0 atom stereocenters. The first-order valence-electron chi connectivity index (χ1n) is 8.34. The molecule has 6 nitrogen and oxygen atoms in total. The molecule has 3 aromatic rings. The van der Waals surface area contributed by atoms with Crippen molar-refractivity contribution < 1.29 is 18.3 Å². The van der Waals surface area contributed by atoms with E-state index in [0.29, 0.717) is 21.7 Å². The molecule has 1 aliphatic heterocycles. The Hall–Kier alpha value is -2.29. The average molecular weight is 375 g/mol. The second kappa shape index (κ2) is 7.14. The van der Waals surface area contributed by atoms with Gasteiger partial charge in [0, 0.05) is 36.0 Å². The van der Waals surface area contributed by atoms with E-state index in [9.17, 15) is 9.18 Å². The predicted molar refractivity (Wildman–Crippen MR) is 97.1 cm³/mol. The molecule has 1 fully saturated rings. The van der Waals surface area contributed by atoms with Crippen LogP contribution in [0.5, 0.6) is 0 Å². The molecule has 1 N–H and O–H groups in total. The number of amides is 1. The number of anilines is 1. The second-order valence-electron chi connectivity index (χ2n) is 6.18. The van der Waals surface area contributed by atoms with Crippen molar-refractivity contribution in [2.45, 2.75) is 13.5 Å². The molecule has 0 spiro atoms. The molecular formula is C18H18FN3O3S. The summed E-state index contributed by atoms with van der Waals surface area (Å²) in [5.74, 6) is -0.567. The summed E-state index contributed by atoms with van der Waals surface area (Å²) in [6.07, 6.45) is 0. The van der Waals surface area contributed by atoms with Gasteiger partial charge in [0.2, 0.25) is 0 Å². The van der Waals surface area contributed by atoms with Crippen molar-refractivity contribution in [3.05, 3.63) is 46.4 Å². The smallest absolute Gasteiger partial charge is 0.293 e. The van der Waals surface area contributed by atoms with E-state index in [1.807, 2.05) is 5.38 Å². The summed E-state index contributed by atoms with van der Waals surface area (Å²) in [5.41, 5.74) is 2.01. The topological polar surface area (TPSA) is 67.6 Å². The highest BCUT2D eigenvalue weighted by atomic mass is 32.1. The fourth-order valence-electron chi connectivity index (χ4n) is 2.99. The number of furan rings is 1. The number of fused-ring (bicyclic) bond motifs is 1. The largest absolute Gasteiger partial charge is 0.451 e. The molecule has 2 aromatic heterocycles. The Morgan fingerprint density at radius 3 is 3.00 bits per heavy atom. The van der Waals surface area contributed by atoms with E-state index < -0.39 is 0 Å². The van der Waals surface area contributed by atoms with Gasteiger partial charge in [-0.3, -0.25) is 15.0 Å². The number of carbonyl (C=O) groups excluding carboxylic acids is 1. The number of hydrogen-bond acceptors (Lipinski definition) is 6. The zero-order valence-electron chi connectivity index (χ0n) is 14.3. The van der Waals surface area contributed by atoms with Gasteiger partial charge in [-0.15, -0.1) is 11.3 Å². The van der Waals surface area contributed by atoms with Crippen LogP contribution in [0.15, 0.2) is 28.0 Å². The average Bonchev–Trinajstić information content (AvgIpc) is 3.20. The molecule has 8 heteroatoms. The summed E-state index contributed by atoms with van der Waals surface area (Å²) < 4.78 is 24.3. The van der Waals surface area contributed by atoms with E-state index in [1.54, 1.807) is 6.92 Å². The molecule has 26 heavy (non-hydrogen) atoms. The number of nitrogens with one attached hydrogen (secondary N) is 1. The van der Waals surface area contributed by atoms with Crippen molar-refractivity contribution in [3.8, 4) is 0 Å². The summed E-state index contributed by atoms with van der Waals surface area (Å²) in [6, 6.07) is 4.21. The molecular weight excluding hydrogens is 357 g/mol. The van der Waals surface area contributed by atoms with Gasteiger partial charge in [0.1, 0.15) is 11.4 Å². The zero-order chi connectivity index (χ0) is 18.1. The van der Waals surface area contributed by atoms with Gasteiger partial charge in [-0.2, -0.15) is 0 Å². The molecule has 0 saturated carbocycles. The van der Waals surface area contributed by atoms with Crippen LogP contribution >= 0.6 is 11.3 Å². The highest BCUT2D eigenvalue weighted by molar-refractivity contribution is 7.13. The minimum atomic E-state index is -0.383. The number of morpholine rings is 1. The summed E-state index contributed by atoms with van der Waals surface area (Å²) in [7, 11) is 0. The third kappa shape index (κ3) is 3.48. The minimum Gasteiger partial charge on any atom is -0.451 e. The van der Waals surface area contributed by atoms with Gasteiger partial charge in [0.15, 0.2) is 10.9 Å². The number of aromatic nitrogens is 1. The Morgan fingerprint density at radius 2 is 2.19 bits per heavy atom. The number of thiazole rings is 1. The lowest BCUT2D eigenvalue weighted by Gasteiger charge is -2.25. The lowest BCUT2D eigenvalue weighted by molar-refractivity contribution is 0.0337. The summed E-state index contributed by atoms with van der Waals surface area (Å²) in [6.45, 7) is 5.71. The van der Waals surface area contributed by atoms with Gasteiger partial charge in [-0.05, 0) is 25.1 Å². The van der Waals surface area contributed by atoms with Crippen molar-refractivity contribution in [1.82, 2.24) is 9.88 Å². The summed E-state index contributed by atoms with van der Waals surface area (Å²) >= 11 is 1.37. The molecule has 0 radical (unpaired) electrons. The molecule has 1 saturated heterocycles. The standard InChI is InChI=1S/C18H18FN3O3S/c1-11-14-8-12(19)2-3-15(14)25-16(11)17(23)21-18-20-13(10-26-18)9-22-4-6-24-7-5-22/h2-3,8,10H,4-7,9H2,1H3,(H,20,21,23). The van der Waals surface area contributed by atoms with E-state index in [-0.39, 0.29) is 17.5 Å². The third-order valence-corrected chi connectivity index (χ3v) is 5.17. The van der Waals surface area contributed by atoms with Crippen molar-refractivity contribution in [3.63, 3.8) is 0 Å². The van der Waals surface area contributed by atoms with Crippen LogP contribution in [-0.2, 0) is 11.3 Å². The van der Waals surface area contributed by atoms with Crippen LogP contribution < -0.4 is 5.32 Å². The Balaban J connectivity index is 1.47. The second-order valence-corrected chi connectivity index (χ2v) is 7.04. The van der Waals surface area contributed by atoms with Gasteiger partial charge in [-0.25, -0.2) is 9.37 Å². The number of hydrogen-bond donors (Lipinski definition) is 1. The molecule has 3 heterocycles. The first-order chi connectivity index (χ1) is 12.6. The van der Waals surface area contributed by atoms with Gasteiger partial charge in [0.25, 0.3) is 5.91 Å². The highest BCUT2D eigenvalue weighted by Crippen LogP contribution is 2.27. The monoisotopic (exact) mass is 375 g/mol. The zero-order valence-corrected chi connectivity index (χ0v) is 15.1. The van der Waals surface area contributed by atoms with E-state index in [2.05, 4.69) is 15.2 Å². The number of aryl methyl sites for hydroxylation is 1. The normalized spacial score (nSPS) is 15.5. The Kier molecular flexibility index (Phi) is 4.71. The van der Waals surface area contributed by atoms with Crippen molar-refractivity contribution in [1.29, 1.82) is 0 Å². The van der Waals surface area contributed by atoms with Crippen molar-refractivity contribution >= 4 is 33.3 Å². The Morgan fingerprint density at radius 1 is 1.38 bits per heavy atom. The summed E-state index contributed by atoms with van der Waals surface area (Å²) in [4.78, 5) is 19.3. The molecule has 4 rings (SSSR count). The number of ether oxygens (including phenoxy) is 1. The van der Waals surface area contributed by atoms with Crippen LogP contribution in [0.25, 0.3) is 11.0 Å². The van der Waals surface area contributed by atoms with Gasteiger partial charge in [0.05, 0.1) is 18.9 Å². The molecule has 0 aliphatic carbocycles. The fourth-order valence-corrected chi connectivity index (χ4v) is 3.69. The van der Waals surface area contributed by atoms with Crippen LogP contribution in [-0.4, -0.2) is 42.1 Å². The number of rotatable bonds is 4. The maximum atomic E-state index is 13.4. The van der Waals surface area contributed by atoms with Gasteiger partial charge in [-0.1, -0.05) is 0 Å². The van der Waals surface area contributed by atoms with E-state index in [0.717, 1.165) is 38.5 Å². The van der Waals surface area contributed by atoms with Crippen LogP contribution in [0.3, 0.4) is 0 Å². The number of nitrogens with zero attached hydrogens (tertiary/aromatic N) is 2. The predicted octanol–water partition coefficient (Wildman–Crippen LogP) is 3.42. The number of carbonyl (C=O) groups is 1. The van der Waals surface area contributed by atoms with E-state index >= 15 is 0 Å². The molecule has 1 aliphatic rings. The van der Waals surface area contributed by atoms with E-state index in [1.165, 1.54) is 29.5 Å². The maximum absolute atomic E-state index is 13.4. The molecule has 136 valence electrons. The first kappa shape index (κ1) is 17.1. The Labute approximate surface area is 153 Å². The minimum absolute atomic E-state index is 0.176. The van der Waals surface area contributed by atoms with Crippen molar-refractivity contribution in [2.24, 2.45) is 0 Å². The van der Waals surface area contributed by atoms with Gasteiger partial charge >= 0.3 is 0 Å². The maximum Gasteiger partial charge on any atom is 0.293 e. The number of benzene rings is 1. The first-order valence-corrected chi connectivity index (χ1v) is 9.22. The Bertz CT molecular complexity index is 946. The number of halogens is 1. The highest BCUT2D eigenvalue weighted by Gasteiger charge is 2.20. The van der Waals surface area contributed by atoms with Crippen LogP contribution in [0, 0.1) is 12.7 Å². The van der Waals surface area contributed by atoms with Crippen LogP contribution in [0.4, 0.5) is 9.52 Å². The lowest BCUT2D eigenvalue weighted by Crippen LogP contribution is -2.35. The fraction of sp³-hybridized carbons (Fsp3) is 0.333. The van der Waals surface area contributed by atoms with Gasteiger partial charge < -0.3 is 9.15 Å². The summed E-state index contributed by atoms with van der Waals surface area (Å²) in [5, 5.41) is 5.82. The molecule has 0 bridgehead atoms.